The van der Waals surface area contributed by atoms with Crippen LogP contribution < -0.4 is 16.0 Å². The Morgan fingerprint density at radius 2 is 1.37 bits per heavy atom. The maximum atomic E-state index is 14.1. The first-order chi connectivity index (χ1) is 28.8. The normalized spacial score (nSPS) is 19.5. The molecular weight excluding hydrogens is 771 g/mol. The lowest BCUT2D eigenvalue weighted by Crippen LogP contribution is -2.62. The summed E-state index contributed by atoms with van der Waals surface area (Å²) in [5.74, 6) is -0.915. The van der Waals surface area contributed by atoms with E-state index in [2.05, 4.69) is 25.9 Å². The number of nitrogens with one attached hydrogen (secondary N) is 4. The number of hydrogen-bond acceptors (Lipinski definition) is 10. The van der Waals surface area contributed by atoms with Crippen molar-refractivity contribution < 1.29 is 43.0 Å². The van der Waals surface area contributed by atoms with E-state index < -0.39 is 41.8 Å². The Balaban J connectivity index is 1.07. The number of aromatic nitrogens is 2. The van der Waals surface area contributed by atoms with Crippen LogP contribution in [0, 0.1) is 11.8 Å². The molecule has 3 aliphatic rings. The average Bonchev–Trinajstić information content (AvgIpc) is 4.03. The molecule has 1 aromatic heterocycles. The largest absolute Gasteiger partial charge is 0.453 e. The first-order valence-corrected chi connectivity index (χ1v) is 20.7. The van der Waals surface area contributed by atoms with Gasteiger partial charge in [-0.2, -0.15) is 0 Å². The molecule has 4 atom stereocenters. The zero-order chi connectivity index (χ0) is 43.1. The van der Waals surface area contributed by atoms with Crippen LogP contribution in [-0.2, 0) is 28.6 Å². The van der Waals surface area contributed by atoms with Gasteiger partial charge in [-0.3, -0.25) is 19.2 Å². The number of amides is 5. The molecule has 0 bridgehead atoms. The van der Waals surface area contributed by atoms with E-state index in [9.17, 15) is 28.8 Å². The Kier molecular flexibility index (Phi) is 13.9. The number of benzene rings is 2. The molecule has 0 saturated carbocycles. The average molecular weight is 828 g/mol. The molecule has 3 unspecified atom stereocenters. The van der Waals surface area contributed by atoms with Gasteiger partial charge in [-0.05, 0) is 67.1 Å². The van der Waals surface area contributed by atoms with Crippen LogP contribution >= 0.6 is 0 Å². The Morgan fingerprint density at radius 3 is 1.95 bits per heavy atom. The van der Waals surface area contributed by atoms with E-state index in [1.54, 1.807) is 28.1 Å². The molecule has 16 heteroatoms. The molecule has 2 aromatic carbocycles. The van der Waals surface area contributed by atoms with Crippen molar-refractivity contribution in [3.63, 3.8) is 0 Å². The van der Waals surface area contributed by atoms with Gasteiger partial charge >= 0.3 is 12.2 Å². The number of H-pyrrole nitrogens is 1. The second kappa shape index (κ2) is 19.1. The van der Waals surface area contributed by atoms with Crippen LogP contribution in [0.3, 0.4) is 0 Å². The summed E-state index contributed by atoms with van der Waals surface area (Å²) >= 11 is 0. The van der Waals surface area contributed by atoms with Crippen LogP contribution in [0.2, 0.25) is 0 Å². The fourth-order valence-electron chi connectivity index (χ4n) is 8.64. The molecule has 5 amide bonds. The summed E-state index contributed by atoms with van der Waals surface area (Å²) in [4.78, 5) is 90.3. The number of imidazole rings is 1. The van der Waals surface area contributed by atoms with Gasteiger partial charge in [0.15, 0.2) is 5.78 Å². The van der Waals surface area contributed by atoms with Crippen molar-refractivity contribution in [2.45, 2.75) is 95.9 Å². The smallest absolute Gasteiger partial charge is 0.407 e. The van der Waals surface area contributed by atoms with Crippen LogP contribution in [0.15, 0.2) is 54.7 Å². The van der Waals surface area contributed by atoms with Crippen molar-refractivity contribution in [3.8, 4) is 22.4 Å². The number of aromatic amines is 1. The third kappa shape index (κ3) is 9.48. The molecule has 0 radical (unpaired) electrons. The summed E-state index contributed by atoms with van der Waals surface area (Å²) in [6.07, 6.45) is 4.15. The topological polar surface area (TPSA) is 201 Å². The molecule has 60 heavy (non-hydrogen) atoms. The number of rotatable bonds is 13. The second-order valence-corrected chi connectivity index (χ2v) is 16.5. The van der Waals surface area contributed by atoms with Gasteiger partial charge in [0.25, 0.3) is 0 Å². The lowest BCUT2D eigenvalue weighted by Gasteiger charge is -2.45. The van der Waals surface area contributed by atoms with Crippen molar-refractivity contribution in [1.29, 1.82) is 0 Å². The Bertz CT molecular complexity index is 2020. The summed E-state index contributed by atoms with van der Waals surface area (Å²) in [6, 6.07) is 12.4. The minimum atomic E-state index is -0.894. The molecule has 16 nitrogen and oxygen atoms in total. The summed E-state index contributed by atoms with van der Waals surface area (Å²) in [6.45, 7) is 8.66. The monoisotopic (exact) mass is 827 g/mol. The molecule has 0 aliphatic carbocycles. The highest BCUT2D eigenvalue weighted by Gasteiger charge is 2.53. The number of ether oxygens (including phenoxy) is 3. The van der Waals surface area contributed by atoms with E-state index in [1.165, 1.54) is 14.2 Å². The Labute approximate surface area is 350 Å². The van der Waals surface area contributed by atoms with Crippen LogP contribution in [0.4, 0.5) is 9.59 Å². The number of likely N-dealkylation sites (tertiary alicyclic amines) is 2. The van der Waals surface area contributed by atoms with E-state index in [1.807, 2.05) is 64.1 Å². The minimum absolute atomic E-state index is 0.129. The number of methoxy groups -OCH3 is 2. The molecular formula is C44H57N7O9. The van der Waals surface area contributed by atoms with Gasteiger partial charge in [-0.25, -0.2) is 14.6 Å². The molecule has 4 N–H and O–H groups in total. The number of carbonyl (C=O) groups is 6. The summed E-state index contributed by atoms with van der Waals surface area (Å²) < 4.78 is 15.1. The Hall–Kier alpha value is -5.77. The number of hydrogen-bond donors (Lipinski definition) is 4. The number of nitrogens with zero attached hydrogens (tertiary/aromatic N) is 3. The van der Waals surface area contributed by atoms with E-state index in [0.717, 1.165) is 35.2 Å². The molecule has 3 saturated heterocycles. The second-order valence-electron chi connectivity index (χ2n) is 16.5. The van der Waals surface area contributed by atoms with E-state index >= 15 is 0 Å². The van der Waals surface area contributed by atoms with Gasteiger partial charge in [0.1, 0.15) is 23.9 Å². The minimum Gasteiger partial charge on any atom is -0.453 e. The predicted molar refractivity (Wildman–Crippen MR) is 221 cm³/mol. The number of ketones is 1. The lowest BCUT2D eigenvalue weighted by atomic mass is 9.86. The molecule has 3 aliphatic heterocycles. The van der Waals surface area contributed by atoms with Crippen molar-refractivity contribution in [3.05, 3.63) is 66.1 Å². The molecule has 322 valence electrons. The summed E-state index contributed by atoms with van der Waals surface area (Å²) in [5.41, 5.74) is 3.40. The van der Waals surface area contributed by atoms with Gasteiger partial charge < -0.3 is 44.9 Å². The third-order valence-corrected chi connectivity index (χ3v) is 12.1. The van der Waals surface area contributed by atoms with Gasteiger partial charge in [0.2, 0.25) is 17.7 Å². The van der Waals surface area contributed by atoms with Crippen molar-refractivity contribution in [2.24, 2.45) is 11.8 Å². The first kappa shape index (κ1) is 43.8. The zero-order valence-electron chi connectivity index (χ0n) is 35.2. The maximum absolute atomic E-state index is 14.1. The quantitative estimate of drug-likeness (QED) is 0.170. The van der Waals surface area contributed by atoms with Crippen molar-refractivity contribution >= 4 is 35.7 Å². The van der Waals surface area contributed by atoms with Crippen LogP contribution in [0.1, 0.15) is 88.4 Å². The fraction of sp³-hybridized carbons (Fsp3) is 0.523. The fourth-order valence-corrected chi connectivity index (χ4v) is 8.64. The van der Waals surface area contributed by atoms with Crippen molar-refractivity contribution in [2.75, 3.05) is 40.5 Å². The van der Waals surface area contributed by atoms with Gasteiger partial charge in [-0.15, -0.1) is 0 Å². The van der Waals surface area contributed by atoms with Crippen LogP contribution in [0.25, 0.3) is 22.4 Å². The number of alkyl carbamates (subject to hydrolysis) is 2. The van der Waals surface area contributed by atoms with E-state index in [-0.39, 0.29) is 42.0 Å². The lowest BCUT2D eigenvalue weighted by molar-refractivity contribution is -0.149. The van der Waals surface area contributed by atoms with E-state index in [4.69, 9.17) is 14.2 Å². The molecule has 6 rings (SSSR count). The number of carbonyl (C=O) groups excluding carboxylic acids is 6. The SMILES string of the molecule is COC(=O)NC(C(=O)N1C(C(=O)NCC(=O)c2ccc(-c3ccc(-c4cnc(C5CCCN5C(=O)[C@@H](NC(=O)OC)C(C)C)[nH]4)cc3)cc2)CCC12CCOCC2)C(C)C. The third-order valence-electron chi connectivity index (χ3n) is 12.1. The van der Waals surface area contributed by atoms with Gasteiger partial charge in [0.05, 0.1) is 38.7 Å². The van der Waals surface area contributed by atoms with E-state index in [0.29, 0.717) is 56.8 Å². The van der Waals surface area contributed by atoms with Crippen LogP contribution in [0.5, 0.6) is 0 Å². The highest BCUT2D eigenvalue weighted by Crippen LogP contribution is 2.42. The standard InChI is InChI=1S/C44H57N7O9/c1-26(2)36(48-42(56)58-5)40(54)50-21-7-8-33(50)38-45-24-32(47-38)30-13-9-28(10-14-30)29-11-15-31(16-12-29)35(52)25-46-39(53)34-17-18-44(19-22-60-23-20-44)51(34)41(55)37(27(3)4)49-43(57)59-6/h9-16,24,26-27,33-34,36-37H,7-8,17-23,25H2,1-6H3,(H,45,47)(H,46,53)(H,48,56)(H,49,57)/t33?,34?,36-,37?/m0/s1. The first-order valence-electron chi connectivity index (χ1n) is 20.7. The summed E-state index contributed by atoms with van der Waals surface area (Å²) in [5, 5.41) is 8.12. The summed E-state index contributed by atoms with van der Waals surface area (Å²) in [7, 11) is 2.51. The number of Topliss-reactive ketones (excluding diaryl/α,β-unsaturated/α-hetero) is 1. The molecule has 3 aromatic rings. The Morgan fingerprint density at radius 1 is 0.800 bits per heavy atom. The highest BCUT2D eigenvalue weighted by molar-refractivity contribution is 6.01. The zero-order valence-corrected chi connectivity index (χ0v) is 35.2. The molecule has 1 spiro atoms. The van der Waals surface area contributed by atoms with Gasteiger partial charge in [0, 0.05) is 30.9 Å². The van der Waals surface area contributed by atoms with Crippen LogP contribution in [-0.4, -0.2) is 120 Å². The molecule has 4 heterocycles. The predicted octanol–water partition coefficient (Wildman–Crippen LogP) is 5.01. The highest BCUT2D eigenvalue weighted by atomic mass is 16.5. The van der Waals surface area contributed by atoms with Gasteiger partial charge in [-0.1, -0.05) is 76.2 Å². The van der Waals surface area contributed by atoms with Crippen molar-refractivity contribution in [1.82, 2.24) is 35.7 Å². The maximum Gasteiger partial charge on any atom is 0.407 e. The molecule has 3 fully saturated rings.